The molecule has 0 radical (unpaired) electrons. The third kappa shape index (κ3) is 24.5. The van der Waals surface area contributed by atoms with Crippen molar-refractivity contribution < 1.29 is 66.4 Å². The number of ether oxygens (including phenoxy) is 6. The molecule has 0 aromatic heterocycles. The second kappa shape index (κ2) is 29.2. The highest BCUT2D eigenvalue weighted by Crippen LogP contribution is 2.24. The van der Waals surface area contributed by atoms with Gasteiger partial charge in [0.15, 0.2) is 33.3 Å². The van der Waals surface area contributed by atoms with Crippen LogP contribution in [0.4, 0.5) is 31.4 Å². The van der Waals surface area contributed by atoms with Gasteiger partial charge >= 0.3 is 18.2 Å². The molecule has 0 fully saturated rings. The monoisotopic (exact) mass is 1020 g/mol. The maximum atomic E-state index is 13.1. The molecule has 0 saturated carbocycles. The van der Waals surface area contributed by atoms with Crippen LogP contribution in [0.25, 0.3) is 0 Å². The summed E-state index contributed by atoms with van der Waals surface area (Å²) in [7, 11) is -6.98. The average Bonchev–Trinajstić information content (AvgIpc) is 3.23. The van der Waals surface area contributed by atoms with E-state index in [0.717, 1.165) is 22.3 Å². The number of aliphatic hydroxyl groups excluding tert-OH is 3. The number of carbonyl (C=O) groups is 3. The Bertz CT molecular complexity index is 2010. The van der Waals surface area contributed by atoms with Crippen LogP contribution in [-0.2, 0) is 49.5 Å². The molecule has 0 spiro atoms. The third-order valence-electron chi connectivity index (χ3n) is 9.55. The number of urea groups is 1. The van der Waals surface area contributed by atoms with Gasteiger partial charge in [0.25, 0.3) is 0 Å². The molecule has 0 atom stereocenters. The molecule has 3 aromatic rings. The summed E-state index contributed by atoms with van der Waals surface area (Å²) in [6.07, 6.45) is 1.48. The number of aliphatic hydroxyl groups is 3. The molecule has 0 heterocycles. The summed E-state index contributed by atoms with van der Waals surface area (Å²) >= 11 is 0. The Morgan fingerprint density at radius 3 is 1.28 bits per heavy atom. The van der Waals surface area contributed by atoms with Crippen molar-refractivity contribution in [2.24, 2.45) is 0 Å². The zero-order chi connectivity index (χ0) is 50.2. The highest BCUT2D eigenvalue weighted by molar-refractivity contribution is 6.85. The zero-order valence-electron chi connectivity index (χ0n) is 41.4. The maximum absolute atomic E-state index is 13.1. The molecule has 6 N–H and O–H groups in total. The fourth-order valence-corrected chi connectivity index (χ4v) is 22.7. The van der Waals surface area contributed by atoms with Gasteiger partial charge in [0.2, 0.25) is 0 Å². The van der Waals surface area contributed by atoms with Gasteiger partial charge in [-0.3, -0.25) is 10.6 Å². The molecule has 0 saturated heterocycles. The first-order chi connectivity index (χ1) is 32.1. The largest absolute Gasteiger partial charge is 0.453 e. The molecule has 0 aliphatic rings. The van der Waals surface area contributed by atoms with Crippen molar-refractivity contribution in [3.8, 4) is 0 Å². The van der Waals surface area contributed by atoms with Crippen molar-refractivity contribution in [1.82, 2.24) is 4.90 Å². The molecule has 0 aliphatic heterocycles. The molecule has 0 bridgehead atoms. The van der Waals surface area contributed by atoms with Gasteiger partial charge in [0.1, 0.15) is 13.2 Å². The second-order valence-electron chi connectivity index (χ2n) is 18.8. The Morgan fingerprint density at radius 2 is 0.868 bits per heavy atom. The Hall–Kier alpha value is -4.02. The first kappa shape index (κ1) is 58.3. The van der Waals surface area contributed by atoms with Gasteiger partial charge in [-0.1, -0.05) is 30.3 Å². The maximum Gasteiger partial charge on any atom is 0.411 e. The molecule has 3 rings (SSSR count). The lowest BCUT2D eigenvalue weighted by molar-refractivity contribution is 0.0925. The van der Waals surface area contributed by atoms with Gasteiger partial charge in [-0.25, -0.2) is 14.4 Å². The third-order valence-corrected chi connectivity index (χ3v) is 22.0. The number of hydrogen-bond donors (Lipinski definition) is 6. The highest BCUT2D eigenvalue weighted by atomic mass is 28.4. The van der Waals surface area contributed by atoms with Gasteiger partial charge in [-0.05, 0) is 124 Å². The predicted molar refractivity (Wildman–Crippen MR) is 273 cm³/mol. The molecule has 3 aromatic carbocycles. The minimum atomic E-state index is -2.20. The number of anilines is 3. The molecular weight excluding hydrogens is 945 g/mol. The zero-order valence-corrected chi connectivity index (χ0v) is 45.4. The quantitative estimate of drug-likeness (QED) is 0.0300. The number of hydrogen-bond acceptors (Lipinski definition) is 14. The van der Waals surface area contributed by atoms with Crippen LogP contribution in [0, 0.1) is 0 Å². The van der Waals surface area contributed by atoms with Crippen LogP contribution < -0.4 is 16.0 Å². The Balaban J connectivity index is 1.65. The topological polar surface area (TPSA) is 225 Å². The molecule has 380 valence electrons. The Kier molecular flexibility index (Phi) is 25.1. The summed E-state index contributed by atoms with van der Waals surface area (Å²) in [6, 6.07) is 20.3. The van der Waals surface area contributed by atoms with Crippen LogP contribution in [0.15, 0.2) is 66.7 Å². The SMILES string of the molecule is CN(CCO)C(=O)Nc1cccc(Cc2cc(Cc3cccc(NC(=O)OCCOC[Si](C)(C)O[Si](C)(C)COCCO)c3)cc(NC(=O)OCCOC[Si](C)(C)O[Si](C)(C)COCCO)c2)c1. The number of nitrogens with one attached hydrogen (secondary N) is 3. The van der Waals surface area contributed by atoms with E-state index in [4.69, 9.17) is 46.9 Å². The van der Waals surface area contributed by atoms with E-state index in [-0.39, 0.29) is 72.0 Å². The standard InChI is InChI=1S/C46H76N4O14Si4/c1-50(16-17-51)44(54)47-41-14-10-12-37(29-41)26-39-28-40(32-43(31-39)49-46(56)62-25-23-60-36-68(8,9)64-66(4,5)34-58-21-19-53)27-38-13-11-15-42(30-38)48-45(55)61-24-22-59-35-67(6,7)63-65(2,3)33-57-20-18-52/h10-15,28-32,51-53H,16-27,33-36H2,1-9H3,(H,47,54)(H,48,55)(H,49,56). The Labute approximate surface area is 406 Å². The van der Waals surface area contributed by atoms with E-state index < -0.39 is 45.5 Å². The van der Waals surface area contributed by atoms with Crippen LogP contribution in [0.3, 0.4) is 0 Å². The van der Waals surface area contributed by atoms with E-state index in [1.54, 1.807) is 19.2 Å². The normalized spacial score (nSPS) is 12.1. The number of likely N-dealkylation sites (N-methyl/N-ethyl adjacent to an activating group) is 1. The summed E-state index contributed by atoms with van der Waals surface area (Å²) in [6.45, 7) is 17.6. The van der Waals surface area contributed by atoms with Gasteiger partial charge < -0.3 is 62.2 Å². The molecule has 0 aliphatic carbocycles. The van der Waals surface area contributed by atoms with Crippen molar-refractivity contribution in [3.05, 3.63) is 89.0 Å². The second-order valence-corrected chi connectivity index (χ2v) is 35.7. The van der Waals surface area contributed by atoms with Gasteiger partial charge in [-0.2, -0.15) is 0 Å². The minimum absolute atomic E-state index is 0.0280. The molecule has 0 unspecified atom stereocenters. The summed E-state index contributed by atoms with van der Waals surface area (Å²) in [5.41, 5.74) is 5.24. The fourth-order valence-electron chi connectivity index (χ4n) is 7.21. The molecule has 22 heteroatoms. The van der Waals surface area contributed by atoms with Crippen molar-refractivity contribution in [2.45, 2.75) is 65.2 Å². The van der Waals surface area contributed by atoms with E-state index in [0.29, 0.717) is 54.8 Å². The number of benzene rings is 3. The van der Waals surface area contributed by atoms with E-state index in [1.807, 2.05) is 54.6 Å². The van der Waals surface area contributed by atoms with E-state index in [1.165, 1.54) is 4.90 Å². The summed E-state index contributed by atoms with van der Waals surface area (Å²) in [5, 5.41) is 35.8. The average molecular weight is 1020 g/mol. The summed E-state index contributed by atoms with van der Waals surface area (Å²) in [5.74, 6) is 0. The number of nitrogens with zero attached hydrogens (tertiary/aromatic N) is 1. The van der Waals surface area contributed by atoms with Gasteiger partial charge in [0, 0.05) is 30.7 Å². The highest BCUT2D eigenvalue weighted by Gasteiger charge is 2.35. The Morgan fingerprint density at radius 1 is 0.485 bits per heavy atom. The lowest BCUT2D eigenvalue weighted by Gasteiger charge is -2.33. The van der Waals surface area contributed by atoms with Gasteiger partial charge in [0.05, 0.1) is 71.2 Å². The van der Waals surface area contributed by atoms with Crippen molar-refractivity contribution in [1.29, 1.82) is 0 Å². The molecule has 4 amide bonds. The first-order valence-electron chi connectivity index (χ1n) is 22.9. The molecule has 18 nitrogen and oxygen atoms in total. The van der Waals surface area contributed by atoms with E-state index in [2.05, 4.69) is 68.3 Å². The van der Waals surface area contributed by atoms with Crippen LogP contribution in [-0.4, -0.2) is 170 Å². The molecular formula is C46H76N4O14Si4. The summed E-state index contributed by atoms with van der Waals surface area (Å²) in [4.78, 5) is 39.9. The fraction of sp³-hybridized carbons (Fsp3) is 0.543. The summed E-state index contributed by atoms with van der Waals surface area (Å²) < 4.78 is 46.6. The van der Waals surface area contributed by atoms with Crippen LogP contribution in [0.5, 0.6) is 0 Å². The van der Waals surface area contributed by atoms with Crippen LogP contribution in [0.2, 0.25) is 52.4 Å². The van der Waals surface area contributed by atoms with Crippen molar-refractivity contribution in [2.75, 3.05) is 114 Å². The van der Waals surface area contributed by atoms with Crippen LogP contribution >= 0.6 is 0 Å². The first-order valence-corrected chi connectivity index (χ1v) is 35.3. The van der Waals surface area contributed by atoms with Crippen LogP contribution in [0.1, 0.15) is 22.3 Å². The number of amides is 4. The van der Waals surface area contributed by atoms with E-state index >= 15 is 0 Å². The van der Waals surface area contributed by atoms with Gasteiger partial charge in [-0.15, -0.1) is 0 Å². The minimum Gasteiger partial charge on any atom is -0.453 e. The lowest BCUT2D eigenvalue weighted by Crippen LogP contribution is -2.50. The predicted octanol–water partition coefficient (Wildman–Crippen LogP) is 6.48. The number of carbonyl (C=O) groups excluding carboxylic acids is 3. The van der Waals surface area contributed by atoms with E-state index in [9.17, 15) is 19.5 Å². The van der Waals surface area contributed by atoms with Crippen molar-refractivity contribution in [3.63, 3.8) is 0 Å². The number of rotatable bonds is 31. The molecule has 68 heavy (non-hydrogen) atoms. The smallest absolute Gasteiger partial charge is 0.411 e. The van der Waals surface area contributed by atoms with Crippen molar-refractivity contribution >= 4 is 68.5 Å². The lowest BCUT2D eigenvalue weighted by atomic mass is 9.98.